The highest BCUT2D eigenvalue weighted by molar-refractivity contribution is 5.77. The fourth-order valence-corrected chi connectivity index (χ4v) is 3.00. The zero-order chi connectivity index (χ0) is 13.9. The summed E-state index contributed by atoms with van der Waals surface area (Å²) in [6.45, 7) is 2.72. The molecule has 1 saturated heterocycles. The fourth-order valence-electron chi connectivity index (χ4n) is 3.00. The first-order chi connectivity index (χ1) is 9.78. The van der Waals surface area contributed by atoms with Crippen molar-refractivity contribution in [1.82, 2.24) is 5.32 Å². The minimum atomic E-state index is -0.0408. The number of carbonyl (C=O) groups excluding carboxylic acids is 1. The lowest BCUT2D eigenvalue weighted by molar-refractivity contribution is -0.125. The molecule has 3 rings (SSSR count). The Kier molecular flexibility index (Phi) is 3.78. The van der Waals surface area contributed by atoms with E-state index in [9.17, 15) is 4.79 Å². The highest BCUT2D eigenvalue weighted by Crippen LogP contribution is 2.35. The minimum absolute atomic E-state index is 0.0408. The highest BCUT2D eigenvalue weighted by atomic mass is 16.5. The summed E-state index contributed by atoms with van der Waals surface area (Å²) in [6.07, 6.45) is 1.95. The summed E-state index contributed by atoms with van der Waals surface area (Å²) in [5.41, 5.74) is 2.56. The van der Waals surface area contributed by atoms with Crippen LogP contribution in [0.2, 0.25) is 0 Å². The van der Waals surface area contributed by atoms with Gasteiger partial charge in [-0.15, -0.1) is 0 Å². The number of rotatable bonds is 4. The quantitative estimate of drug-likeness (QED) is 0.890. The predicted molar refractivity (Wildman–Crippen MR) is 76.3 cm³/mol. The first kappa shape index (κ1) is 13.2. The first-order valence-corrected chi connectivity index (χ1v) is 7.06. The van der Waals surface area contributed by atoms with Gasteiger partial charge in [0, 0.05) is 43.9 Å². The maximum atomic E-state index is 11.6. The third-order valence-electron chi connectivity index (χ3n) is 3.89. The third kappa shape index (κ3) is 2.58. The van der Waals surface area contributed by atoms with Crippen molar-refractivity contribution in [2.24, 2.45) is 0 Å². The van der Waals surface area contributed by atoms with Gasteiger partial charge in [-0.1, -0.05) is 6.07 Å². The summed E-state index contributed by atoms with van der Waals surface area (Å²) < 4.78 is 10.5. The van der Waals surface area contributed by atoms with Crippen LogP contribution in [0.4, 0.5) is 5.69 Å². The second-order valence-corrected chi connectivity index (χ2v) is 5.28. The molecule has 5 nitrogen and oxygen atoms in total. The van der Waals surface area contributed by atoms with E-state index in [0.717, 1.165) is 38.3 Å². The number of nitrogens with zero attached hydrogens (tertiary/aromatic N) is 1. The summed E-state index contributed by atoms with van der Waals surface area (Å²) in [6, 6.07) is 6.42. The largest absolute Gasteiger partial charge is 0.493 e. The molecule has 0 spiro atoms. The van der Waals surface area contributed by atoms with Crippen molar-refractivity contribution in [3.05, 3.63) is 23.8 Å². The van der Waals surface area contributed by atoms with Gasteiger partial charge in [0.25, 0.3) is 0 Å². The maximum absolute atomic E-state index is 11.6. The Morgan fingerprint density at radius 3 is 3.30 bits per heavy atom. The second-order valence-electron chi connectivity index (χ2n) is 5.28. The summed E-state index contributed by atoms with van der Waals surface area (Å²) in [5, 5.41) is 3.01. The summed E-state index contributed by atoms with van der Waals surface area (Å²) in [7, 11) is 1.54. The van der Waals surface area contributed by atoms with E-state index >= 15 is 0 Å². The van der Waals surface area contributed by atoms with Gasteiger partial charge in [0.05, 0.1) is 6.61 Å². The van der Waals surface area contributed by atoms with Gasteiger partial charge >= 0.3 is 0 Å². The molecule has 1 unspecified atom stereocenters. The van der Waals surface area contributed by atoms with E-state index in [1.807, 2.05) is 12.1 Å². The number of methoxy groups -OCH3 is 1. The van der Waals surface area contributed by atoms with E-state index in [1.165, 1.54) is 18.4 Å². The molecule has 1 aromatic carbocycles. The number of hydrogen-bond acceptors (Lipinski definition) is 4. The lowest BCUT2D eigenvalue weighted by Gasteiger charge is -2.21. The van der Waals surface area contributed by atoms with Gasteiger partial charge in [-0.05, 0) is 18.6 Å². The van der Waals surface area contributed by atoms with Crippen molar-refractivity contribution in [1.29, 1.82) is 0 Å². The third-order valence-corrected chi connectivity index (χ3v) is 3.89. The molecule has 0 aromatic heterocycles. The molecule has 0 aliphatic carbocycles. The van der Waals surface area contributed by atoms with Crippen LogP contribution in [0.15, 0.2) is 18.2 Å². The van der Waals surface area contributed by atoms with E-state index in [2.05, 4.69) is 16.3 Å². The Morgan fingerprint density at radius 2 is 2.45 bits per heavy atom. The van der Waals surface area contributed by atoms with Gasteiger partial charge in [-0.25, -0.2) is 0 Å². The van der Waals surface area contributed by atoms with Gasteiger partial charge in [-0.2, -0.15) is 0 Å². The number of anilines is 1. The van der Waals surface area contributed by atoms with E-state index in [0.29, 0.717) is 0 Å². The van der Waals surface area contributed by atoms with E-state index in [-0.39, 0.29) is 18.6 Å². The molecule has 0 radical (unpaired) electrons. The molecule has 0 saturated carbocycles. The molecule has 2 aliphatic rings. The van der Waals surface area contributed by atoms with Gasteiger partial charge in [0.2, 0.25) is 5.91 Å². The highest BCUT2D eigenvalue weighted by Gasteiger charge is 2.27. The number of nitrogens with one attached hydrogen (secondary N) is 1. The van der Waals surface area contributed by atoms with Crippen LogP contribution < -0.4 is 15.0 Å². The summed E-state index contributed by atoms with van der Waals surface area (Å²) in [5.74, 6) is 0.968. The zero-order valence-corrected chi connectivity index (χ0v) is 11.7. The Balaban J connectivity index is 1.66. The van der Waals surface area contributed by atoms with Crippen LogP contribution in [0.3, 0.4) is 0 Å². The number of fused-ring (bicyclic) bond motifs is 1. The van der Waals surface area contributed by atoms with Crippen molar-refractivity contribution in [2.45, 2.75) is 18.9 Å². The molecule has 2 heterocycles. The van der Waals surface area contributed by atoms with E-state index in [4.69, 9.17) is 9.47 Å². The van der Waals surface area contributed by atoms with Gasteiger partial charge in [0.15, 0.2) is 0 Å². The van der Waals surface area contributed by atoms with Crippen LogP contribution in [0, 0.1) is 0 Å². The number of hydrogen-bond donors (Lipinski definition) is 1. The van der Waals surface area contributed by atoms with Crippen LogP contribution in [0.5, 0.6) is 5.75 Å². The molecule has 1 aromatic rings. The first-order valence-electron chi connectivity index (χ1n) is 7.06. The van der Waals surface area contributed by atoms with Crippen LogP contribution in [-0.4, -0.2) is 45.4 Å². The summed E-state index contributed by atoms with van der Waals surface area (Å²) in [4.78, 5) is 13.9. The molecule has 20 heavy (non-hydrogen) atoms. The monoisotopic (exact) mass is 276 g/mol. The molecule has 1 atom stereocenters. The molecular weight excluding hydrogens is 256 g/mol. The molecule has 5 heteroatoms. The van der Waals surface area contributed by atoms with Crippen molar-refractivity contribution in [2.75, 3.05) is 38.3 Å². The molecule has 1 amide bonds. The number of amides is 1. The van der Waals surface area contributed by atoms with Crippen molar-refractivity contribution in [3.63, 3.8) is 0 Å². The SMILES string of the molecule is COCC(=O)NC1CCN(c2cccc3c2CCO3)C1. The number of ether oxygens (including phenoxy) is 2. The lowest BCUT2D eigenvalue weighted by atomic mass is 10.1. The average molecular weight is 276 g/mol. The molecule has 1 N–H and O–H groups in total. The van der Waals surface area contributed by atoms with Crippen LogP contribution in [0.1, 0.15) is 12.0 Å². The predicted octanol–water partition coefficient (Wildman–Crippen LogP) is 0.963. The van der Waals surface area contributed by atoms with Crippen molar-refractivity contribution in [3.8, 4) is 5.75 Å². The van der Waals surface area contributed by atoms with Gasteiger partial charge in [0.1, 0.15) is 12.4 Å². The zero-order valence-electron chi connectivity index (χ0n) is 11.7. The van der Waals surface area contributed by atoms with Crippen molar-refractivity contribution >= 4 is 11.6 Å². The molecule has 1 fully saturated rings. The van der Waals surface area contributed by atoms with Gasteiger partial charge < -0.3 is 19.7 Å². The molecular formula is C15H20N2O3. The Morgan fingerprint density at radius 1 is 1.55 bits per heavy atom. The fraction of sp³-hybridized carbons (Fsp3) is 0.533. The Hall–Kier alpha value is -1.75. The van der Waals surface area contributed by atoms with E-state index < -0.39 is 0 Å². The topological polar surface area (TPSA) is 50.8 Å². The van der Waals surface area contributed by atoms with Crippen molar-refractivity contribution < 1.29 is 14.3 Å². The second kappa shape index (κ2) is 5.71. The smallest absolute Gasteiger partial charge is 0.246 e. The van der Waals surface area contributed by atoms with Crippen LogP contribution in [-0.2, 0) is 16.0 Å². The Labute approximate surface area is 118 Å². The van der Waals surface area contributed by atoms with Gasteiger partial charge in [-0.3, -0.25) is 4.79 Å². The standard InChI is InChI=1S/C15H20N2O3/c1-19-10-15(18)16-11-5-7-17(9-11)13-3-2-4-14-12(13)6-8-20-14/h2-4,11H,5-10H2,1H3,(H,16,18). The maximum Gasteiger partial charge on any atom is 0.246 e. The van der Waals surface area contributed by atoms with Crippen LogP contribution >= 0.6 is 0 Å². The molecule has 2 aliphatic heterocycles. The minimum Gasteiger partial charge on any atom is -0.493 e. The van der Waals surface area contributed by atoms with Crippen LogP contribution in [0.25, 0.3) is 0 Å². The van der Waals surface area contributed by atoms with E-state index in [1.54, 1.807) is 0 Å². The molecule has 108 valence electrons. The summed E-state index contributed by atoms with van der Waals surface area (Å²) >= 11 is 0. The Bertz CT molecular complexity index is 504. The normalized spacial score (nSPS) is 20.6. The lowest BCUT2D eigenvalue weighted by Crippen LogP contribution is -2.39. The molecule has 0 bridgehead atoms. The number of benzene rings is 1. The average Bonchev–Trinajstić information content (AvgIpc) is 3.06. The number of carbonyl (C=O) groups is 1.